The molecule has 8 heteroatoms. The number of fused-ring (bicyclic) bond motifs is 13. The number of hydrogen-bond donors (Lipinski definition) is 0. The van der Waals surface area contributed by atoms with Crippen molar-refractivity contribution in [3.63, 3.8) is 0 Å². The van der Waals surface area contributed by atoms with Crippen molar-refractivity contribution in [1.82, 2.24) is 33.6 Å². The Morgan fingerprint density at radius 1 is 0.202 bits per heavy atom. The lowest BCUT2D eigenvalue weighted by molar-refractivity contribution is 1.07. The lowest BCUT2D eigenvalue weighted by Crippen LogP contribution is -2.00. The van der Waals surface area contributed by atoms with Crippen molar-refractivity contribution in [3.05, 3.63) is 370 Å². The quantitative estimate of drug-likeness (QED) is 0.137. The van der Waals surface area contributed by atoms with Gasteiger partial charge in [0, 0.05) is 85.9 Å². The normalized spacial score (nSPS) is 11.7. The van der Waals surface area contributed by atoms with Crippen LogP contribution >= 0.6 is 11.3 Å². The molecule has 7 nitrogen and oxygen atoms in total. The highest BCUT2D eigenvalue weighted by Gasteiger charge is 2.21. The smallest absolute Gasteiger partial charge is 0.164 e. The first-order valence-electron chi connectivity index (χ1n) is 35.2. The van der Waals surface area contributed by atoms with Crippen LogP contribution in [0.1, 0.15) is 0 Å². The molecule has 0 atom stereocenters. The van der Waals surface area contributed by atoms with E-state index in [1.807, 2.05) is 72.0 Å². The lowest BCUT2D eigenvalue weighted by Gasteiger charge is -2.14. The minimum atomic E-state index is 0.645. The zero-order valence-electron chi connectivity index (χ0n) is 56.3. The van der Waals surface area contributed by atoms with Crippen LogP contribution < -0.4 is 0 Å². The Labute approximate surface area is 603 Å². The highest BCUT2D eigenvalue weighted by atomic mass is 32.1. The molecule has 0 N–H and O–H groups in total. The van der Waals surface area contributed by atoms with E-state index in [0.717, 1.165) is 50.1 Å². The van der Waals surface area contributed by atoms with Gasteiger partial charge in [0.1, 0.15) is 5.82 Å². The van der Waals surface area contributed by atoms with Crippen LogP contribution in [0, 0.1) is 0 Å². The monoisotopic (exact) mass is 1340 g/mol. The second-order valence-electron chi connectivity index (χ2n) is 26.4. The van der Waals surface area contributed by atoms with Crippen molar-refractivity contribution in [2.75, 3.05) is 0 Å². The van der Waals surface area contributed by atoms with Crippen LogP contribution in [0.4, 0.5) is 0 Å². The molecule has 0 fully saturated rings. The minimum Gasteiger partial charge on any atom is -0.309 e. The van der Waals surface area contributed by atoms with E-state index in [2.05, 4.69) is 323 Å². The molecule has 0 aliphatic carbocycles. The molecule has 0 aliphatic rings. The van der Waals surface area contributed by atoms with Gasteiger partial charge in [-0.25, -0.2) is 19.9 Å². The SMILES string of the molecule is c1ccc(-c2cccc(-c3cc(-n4c5ccccc5c5cc(-c6ccc7c(c6)c6ccccc6n7-c6ccccc6)ccc54)nc4ccccc34)c2)cc1.c1ccc(-c2nc(-c3ccccc3)nc(-c3ccc(-n4c5ccccc5c5cc(-c6cccc7c6sc6ccccc67)ccc54)cc3)n2)cc1. The first-order valence-corrected chi connectivity index (χ1v) is 36.0. The van der Waals surface area contributed by atoms with Crippen LogP contribution in [0.5, 0.6) is 0 Å². The molecule has 0 amide bonds. The Hall–Kier alpha value is -13.7. The van der Waals surface area contributed by atoms with Gasteiger partial charge >= 0.3 is 0 Å². The molecule has 21 aromatic rings. The van der Waals surface area contributed by atoms with Crippen molar-refractivity contribution in [2.45, 2.75) is 0 Å². The van der Waals surface area contributed by atoms with Crippen molar-refractivity contribution in [2.24, 2.45) is 0 Å². The Morgan fingerprint density at radius 3 is 1.16 bits per heavy atom. The van der Waals surface area contributed by atoms with Crippen LogP contribution in [0.3, 0.4) is 0 Å². The molecule has 0 saturated heterocycles. The topological polar surface area (TPSA) is 66.3 Å². The summed E-state index contributed by atoms with van der Waals surface area (Å²) in [4.78, 5) is 20.0. The third-order valence-corrected chi connectivity index (χ3v) is 21.6. The standard InChI is InChI=1S/C51H33N3.C45H28N4S/c1-3-14-34(15-4-1)35-16-13-17-38(30-35)43-33-51(52-46-23-10-7-20-40(43)46)54-48-25-12-9-22-42(48)45-32-37(27-29-50(45)54)36-26-28-49-44(31-36)41-21-8-11-24-47(41)53(49)39-18-5-2-6-19-39;1-3-12-29(13-4-1)43-46-44(30-14-5-2-6-15-30)48-45(47-43)31-22-25-33(26-23-31)49-39-20-9-7-16-35(39)38-28-32(24-27-40(38)49)34-18-11-19-37-36-17-8-10-21-41(36)50-42(34)37/h1-33H;1-28H. The molecular weight excluding hydrogens is 1280 g/mol. The van der Waals surface area contributed by atoms with Gasteiger partial charge in [-0.05, 0) is 160 Å². The van der Waals surface area contributed by atoms with E-state index >= 15 is 0 Å². The van der Waals surface area contributed by atoms with Gasteiger partial charge in [-0.15, -0.1) is 11.3 Å². The molecule has 0 saturated carbocycles. The summed E-state index contributed by atoms with van der Waals surface area (Å²) in [5, 5.41) is 11.2. The number of benzene rings is 15. The van der Waals surface area contributed by atoms with E-state index in [4.69, 9.17) is 19.9 Å². The molecule has 0 spiro atoms. The molecular formula is C96H61N7S. The maximum absolute atomic E-state index is 5.32. The van der Waals surface area contributed by atoms with Gasteiger partial charge in [-0.1, -0.05) is 255 Å². The zero-order chi connectivity index (χ0) is 68.6. The third kappa shape index (κ3) is 10.4. The lowest BCUT2D eigenvalue weighted by atomic mass is 9.96. The van der Waals surface area contributed by atoms with Crippen LogP contribution in [0.15, 0.2) is 370 Å². The number of hydrogen-bond acceptors (Lipinski definition) is 5. The summed E-state index contributed by atoms with van der Waals surface area (Å²) in [6, 6.07) is 132. The summed E-state index contributed by atoms with van der Waals surface area (Å²) < 4.78 is 9.71. The number of rotatable bonds is 10. The summed E-state index contributed by atoms with van der Waals surface area (Å²) in [5.74, 6) is 2.86. The van der Waals surface area contributed by atoms with Crippen molar-refractivity contribution in [3.8, 4) is 95.9 Å². The number of thiophene rings is 1. The van der Waals surface area contributed by atoms with Gasteiger partial charge in [0.2, 0.25) is 0 Å². The van der Waals surface area contributed by atoms with Crippen LogP contribution in [-0.2, 0) is 0 Å². The first kappa shape index (κ1) is 60.3. The second kappa shape index (κ2) is 25.2. The van der Waals surface area contributed by atoms with Gasteiger partial charge in [0.05, 0.1) is 38.6 Å². The van der Waals surface area contributed by atoms with E-state index in [1.54, 1.807) is 0 Å². The van der Waals surface area contributed by atoms with Gasteiger partial charge in [0.25, 0.3) is 0 Å². The Bertz CT molecular complexity index is 6840. The molecule has 486 valence electrons. The number of para-hydroxylation sites is 5. The van der Waals surface area contributed by atoms with E-state index in [9.17, 15) is 0 Å². The molecule has 0 aliphatic heterocycles. The van der Waals surface area contributed by atoms with Crippen molar-refractivity contribution >= 4 is 108 Å². The summed E-state index contributed by atoms with van der Waals surface area (Å²) in [6.07, 6.45) is 0. The van der Waals surface area contributed by atoms with Crippen LogP contribution in [0.2, 0.25) is 0 Å². The number of pyridine rings is 1. The maximum Gasteiger partial charge on any atom is 0.164 e. The van der Waals surface area contributed by atoms with E-state index < -0.39 is 0 Å². The summed E-state index contributed by atoms with van der Waals surface area (Å²) in [7, 11) is 0. The average Bonchev–Trinajstić information content (AvgIpc) is 1.57. The molecule has 0 radical (unpaired) electrons. The molecule has 0 unspecified atom stereocenters. The molecule has 15 aromatic carbocycles. The second-order valence-corrected chi connectivity index (χ2v) is 27.5. The Kier molecular flexibility index (Phi) is 14.6. The van der Waals surface area contributed by atoms with E-state index in [1.165, 1.54) is 125 Å². The predicted octanol–water partition coefficient (Wildman–Crippen LogP) is 25.4. The number of aromatic nitrogens is 7. The van der Waals surface area contributed by atoms with Gasteiger partial charge in [-0.3, -0.25) is 4.57 Å². The minimum absolute atomic E-state index is 0.645. The largest absolute Gasteiger partial charge is 0.309 e. The molecule has 104 heavy (non-hydrogen) atoms. The molecule has 21 rings (SSSR count). The molecule has 6 aromatic heterocycles. The van der Waals surface area contributed by atoms with Crippen molar-refractivity contribution in [1.29, 1.82) is 0 Å². The van der Waals surface area contributed by atoms with Crippen LogP contribution in [-0.4, -0.2) is 33.6 Å². The highest BCUT2D eigenvalue weighted by molar-refractivity contribution is 7.26. The first-order chi connectivity index (χ1) is 51.6. The summed E-state index contributed by atoms with van der Waals surface area (Å²) in [5.41, 5.74) is 22.7. The average molecular weight is 1340 g/mol. The van der Waals surface area contributed by atoms with E-state index in [0.29, 0.717) is 17.5 Å². The van der Waals surface area contributed by atoms with Crippen molar-refractivity contribution < 1.29 is 0 Å². The zero-order valence-corrected chi connectivity index (χ0v) is 57.1. The fraction of sp³-hybridized carbons (Fsp3) is 0. The summed E-state index contributed by atoms with van der Waals surface area (Å²) in [6.45, 7) is 0. The highest BCUT2D eigenvalue weighted by Crippen LogP contribution is 2.44. The van der Waals surface area contributed by atoms with Gasteiger partial charge < -0.3 is 9.13 Å². The maximum atomic E-state index is 5.32. The Balaban J connectivity index is 0.000000139. The third-order valence-electron chi connectivity index (χ3n) is 20.4. The Morgan fingerprint density at radius 2 is 0.577 bits per heavy atom. The number of nitrogens with zero attached hydrogens (tertiary/aromatic N) is 7. The molecule has 0 bridgehead atoms. The predicted molar refractivity (Wildman–Crippen MR) is 436 cm³/mol. The van der Waals surface area contributed by atoms with Gasteiger partial charge in [-0.2, -0.15) is 0 Å². The van der Waals surface area contributed by atoms with Gasteiger partial charge in [0.15, 0.2) is 17.5 Å². The molecule has 6 heterocycles. The van der Waals surface area contributed by atoms with E-state index in [-0.39, 0.29) is 0 Å². The fourth-order valence-electron chi connectivity index (χ4n) is 15.5. The fourth-order valence-corrected chi connectivity index (χ4v) is 16.7. The van der Waals surface area contributed by atoms with Crippen LogP contribution in [0.25, 0.3) is 192 Å². The summed E-state index contributed by atoms with van der Waals surface area (Å²) >= 11 is 1.87.